The van der Waals surface area contributed by atoms with Crippen molar-refractivity contribution in [3.05, 3.63) is 82.8 Å². The van der Waals surface area contributed by atoms with E-state index in [-0.39, 0.29) is 5.91 Å². The molecule has 0 saturated carbocycles. The molecule has 0 fully saturated rings. The standard InChI is InChI=1S/C23H26N4O/c1-15(2)19-10-5-6-11-20(19)27-23(28)21-13-22(26-17(4)25-21)24-14-18-9-7-8-16(3)12-18/h5-13,15H,14H2,1-4H3,(H,27,28)(H,24,25,26). The zero-order chi connectivity index (χ0) is 20.1. The average Bonchev–Trinajstić information content (AvgIpc) is 2.66. The molecule has 3 aromatic rings. The molecule has 1 amide bonds. The highest BCUT2D eigenvalue weighted by Crippen LogP contribution is 2.24. The van der Waals surface area contributed by atoms with Gasteiger partial charge in [-0.05, 0) is 37.0 Å². The minimum atomic E-state index is -0.239. The number of rotatable bonds is 6. The first kappa shape index (κ1) is 19.5. The number of amides is 1. The van der Waals surface area contributed by atoms with Crippen LogP contribution in [0, 0.1) is 13.8 Å². The normalized spacial score (nSPS) is 10.8. The van der Waals surface area contributed by atoms with Crippen molar-refractivity contribution in [3.63, 3.8) is 0 Å². The molecule has 1 aromatic heterocycles. The lowest BCUT2D eigenvalue weighted by Gasteiger charge is -2.14. The zero-order valence-electron chi connectivity index (χ0n) is 16.8. The van der Waals surface area contributed by atoms with Crippen LogP contribution in [0.15, 0.2) is 54.6 Å². The number of aromatic nitrogens is 2. The minimum absolute atomic E-state index is 0.239. The van der Waals surface area contributed by atoms with E-state index in [1.54, 1.807) is 13.0 Å². The Morgan fingerprint density at radius 1 is 1.00 bits per heavy atom. The molecule has 2 aromatic carbocycles. The summed E-state index contributed by atoms with van der Waals surface area (Å²) in [6.07, 6.45) is 0. The second-order valence-corrected chi connectivity index (χ2v) is 7.22. The van der Waals surface area contributed by atoms with Crippen molar-refractivity contribution >= 4 is 17.4 Å². The molecule has 0 aliphatic carbocycles. The fraction of sp³-hybridized carbons (Fsp3) is 0.261. The van der Waals surface area contributed by atoms with E-state index in [1.165, 1.54) is 5.56 Å². The summed E-state index contributed by atoms with van der Waals surface area (Å²) < 4.78 is 0. The second kappa shape index (κ2) is 8.65. The lowest BCUT2D eigenvalue weighted by Crippen LogP contribution is -2.17. The largest absolute Gasteiger partial charge is 0.366 e. The first-order valence-corrected chi connectivity index (χ1v) is 9.48. The number of carbonyl (C=O) groups excluding carboxylic acids is 1. The minimum Gasteiger partial charge on any atom is -0.366 e. The number of hydrogen-bond acceptors (Lipinski definition) is 4. The molecule has 0 atom stereocenters. The number of nitrogens with zero attached hydrogens (tertiary/aromatic N) is 2. The van der Waals surface area contributed by atoms with Crippen LogP contribution in [0.25, 0.3) is 0 Å². The Morgan fingerprint density at radius 2 is 1.79 bits per heavy atom. The number of para-hydroxylation sites is 1. The highest BCUT2D eigenvalue weighted by molar-refractivity contribution is 6.03. The van der Waals surface area contributed by atoms with E-state index in [9.17, 15) is 4.79 Å². The molecule has 144 valence electrons. The van der Waals surface area contributed by atoms with Crippen LogP contribution >= 0.6 is 0 Å². The van der Waals surface area contributed by atoms with Gasteiger partial charge in [-0.1, -0.05) is 61.9 Å². The van der Waals surface area contributed by atoms with E-state index in [2.05, 4.69) is 59.6 Å². The van der Waals surface area contributed by atoms with Gasteiger partial charge in [0.05, 0.1) is 0 Å². The molecule has 0 aliphatic rings. The highest BCUT2D eigenvalue weighted by Gasteiger charge is 2.14. The predicted octanol–water partition coefficient (Wildman–Crippen LogP) is 5.08. The summed E-state index contributed by atoms with van der Waals surface area (Å²) in [7, 11) is 0. The smallest absolute Gasteiger partial charge is 0.274 e. The van der Waals surface area contributed by atoms with Crippen LogP contribution in [0.1, 0.15) is 52.8 Å². The number of benzene rings is 2. The predicted molar refractivity (Wildman–Crippen MR) is 114 cm³/mol. The van der Waals surface area contributed by atoms with Gasteiger partial charge in [-0.3, -0.25) is 4.79 Å². The van der Waals surface area contributed by atoms with Crippen LogP contribution < -0.4 is 10.6 Å². The summed E-state index contributed by atoms with van der Waals surface area (Å²) in [4.78, 5) is 21.5. The highest BCUT2D eigenvalue weighted by atomic mass is 16.1. The maximum Gasteiger partial charge on any atom is 0.274 e. The Labute approximate surface area is 166 Å². The zero-order valence-corrected chi connectivity index (χ0v) is 16.8. The maximum absolute atomic E-state index is 12.8. The average molecular weight is 374 g/mol. The number of aryl methyl sites for hydroxylation is 2. The van der Waals surface area contributed by atoms with Gasteiger partial charge >= 0.3 is 0 Å². The van der Waals surface area contributed by atoms with Gasteiger partial charge in [-0.25, -0.2) is 9.97 Å². The van der Waals surface area contributed by atoms with Crippen molar-refractivity contribution < 1.29 is 4.79 Å². The van der Waals surface area contributed by atoms with Crippen LogP contribution in [-0.4, -0.2) is 15.9 Å². The number of hydrogen-bond donors (Lipinski definition) is 2. The van der Waals surface area contributed by atoms with Gasteiger partial charge in [0.1, 0.15) is 17.3 Å². The Kier molecular flexibility index (Phi) is 6.04. The van der Waals surface area contributed by atoms with Crippen LogP contribution in [0.2, 0.25) is 0 Å². The lowest BCUT2D eigenvalue weighted by molar-refractivity contribution is 0.102. The van der Waals surface area contributed by atoms with Gasteiger partial charge in [0, 0.05) is 18.3 Å². The summed E-state index contributed by atoms with van der Waals surface area (Å²) in [5, 5.41) is 6.27. The van der Waals surface area contributed by atoms with Crippen molar-refractivity contribution in [1.29, 1.82) is 0 Å². The van der Waals surface area contributed by atoms with Crippen molar-refractivity contribution in [2.24, 2.45) is 0 Å². The van der Waals surface area contributed by atoms with E-state index in [0.717, 1.165) is 16.8 Å². The summed E-state index contributed by atoms with van der Waals surface area (Å²) in [6, 6.07) is 17.8. The van der Waals surface area contributed by atoms with E-state index < -0.39 is 0 Å². The van der Waals surface area contributed by atoms with Gasteiger partial charge in [-0.2, -0.15) is 0 Å². The molecule has 1 heterocycles. The molecule has 0 bridgehead atoms. The maximum atomic E-state index is 12.8. The number of anilines is 2. The topological polar surface area (TPSA) is 66.9 Å². The van der Waals surface area contributed by atoms with Crippen molar-refractivity contribution in [2.75, 3.05) is 10.6 Å². The molecule has 0 aliphatic heterocycles. The number of nitrogens with one attached hydrogen (secondary N) is 2. The molecular weight excluding hydrogens is 348 g/mol. The van der Waals surface area contributed by atoms with E-state index in [0.29, 0.717) is 29.8 Å². The third kappa shape index (κ3) is 4.94. The van der Waals surface area contributed by atoms with Gasteiger partial charge in [-0.15, -0.1) is 0 Å². The lowest BCUT2D eigenvalue weighted by atomic mass is 10.0. The second-order valence-electron chi connectivity index (χ2n) is 7.22. The van der Waals surface area contributed by atoms with Gasteiger partial charge < -0.3 is 10.6 Å². The fourth-order valence-corrected chi connectivity index (χ4v) is 3.09. The van der Waals surface area contributed by atoms with Gasteiger partial charge in [0.2, 0.25) is 0 Å². The Balaban J connectivity index is 1.76. The third-order valence-electron chi connectivity index (χ3n) is 4.46. The summed E-state index contributed by atoms with van der Waals surface area (Å²) in [5.41, 5.74) is 4.63. The number of carbonyl (C=O) groups is 1. The molecule has 5 heteroatoms. The van der Waals surface area contributed by atoms with E-state index in [1.807, 2.05) is 30.3 Å². The molecular formula is C23H26N4O. The first-order valence-electron chi connectivity index (χ1n) is 9.48. The molecule has 28 heavy (non-hydrogen) atoms. The van der Waals surface area contributed by atoms with Crippen LogP contribution in [0.5, 0.6) is 0 Å². The molecule has 5 nitrogen and oxygen atoms in total. The summed E-state index contributed by atoms with van der Waals surface area (Å²) >= 11 is 0. The molecule has 3 rings (SSSR count). The Morgan fingerprint density at radius 3 is 2.54 bits per heavy atom. The Hall–Kier alpha value is -3.21. The molecule has 0 spiro atoms. The SMILES string of the molecule is Cc1cccc(CNc2cc(C(=O)Nc3ccccc3C(C)C)nc(C)n2)c1. The molecule has 0 saturated heterocycles. The van der Waals surface area contributed by atoms with Crippen molar-refractivity contribution in [1.82, 2.24) is 9.97 Å². The van der Waals surface area contributed by atoms with Crippen molar-refractivity contribution in [2.45, 2.75) is 40.2 Å². The van der Waals surface area contributed by atoms with Crippen molar-refractivity contribution in [3.8, 4) is 0 Å². The molecule has 2 N–H and O–H groups in total. The van der Waals surface area contributed by atoms with Gasteiger partial charge in [0.15, 0.2) is 0 Å². The molecule has 0 radical (unpaired) electrons. The Bertz CT molecular complexity index is 982. The van der Waals surface area contributed by atoms with E-state index in [4.69, 9.17) is 0 Å². The first-order chi connectivity index (χ1) is 13.4. The fourth-order valence-electron chi connectivity index (χ4n) is 3.09. The molecule has 0 unspecified atom stereocenters. The van der Waals surface area contributed by atoms with E-state index >= 15 is 0 Å². The van der Waals surface area contributed by atoms with Gasteiger partial charge in [0.25, 0.3) is 5.91 Å². The quantitative estimate of drug-likeness (QED) is 0.631. The van der Waals surface area contributed by atoms with Crippen LogP contribution in [0.3, 0.4) is 0 Å². The summed E-state index contributed by atoms with van der Waals surface area (Å²) in [6.45, 7) is 8.70. The van der Waals surface area contributed by atoms with Crippen LogP contribution in [0.4, 0.5) is 11.5 Å². The monoisotopic (exact) mass is 374 g/mol. The van der Waals surface area contributed by atoms with Crippen LogP contribution in [-0.2, 0) is 6.54 Å². The summed E-state index contributed by atoms with van der Waals surface area (Å²) in [5.74, 6) is 1.26. The third-order valence-corrected chi connectivity index (χ3v) is 4.46.